The van der Waals surface area contributed by atoms with Crippen LogP contribution >= 0.6 is 11.3 Å². The highest BCUT2D eigenvalue weighted by atomic mass is 32.1. The molecule has 5 nitrogen and oxygen atoms in total. The monoisotopic (exact) mass is 458 g/mol. The van der Waals surface area contributed by atoms with E-state index < -0.39 is 6.10 Å². The minimum Gasteiger partial charge on any atom is -0.387 e. The van der Waals surface area contributed by atoms with Gasteiger partial charge in [-0.25, -0.2) is 0 Å². The topological polar surface area (TPSA) is 66.6 Å². The summed E-state index contributed by atoms with van der Waals surface area (Å²) < 4.78 is 5.55. The van der Waals surface area contributed by atoms with E-state index in [4.69, 9.17) is 4.52 Å². The lowest BCUT2D eigenvalue weighted by molar-refractivity contribution is 0.0447. The van der Waals surface area contributed by atoms with Gasteiger partial charge in [-0.2, -0.15) is 0 Å². The smallest absolute Gasteiger partial charge is 0.292 e. The van der Waals surface area contributed by atoms with Crippen LogP contribution in [0.3, 0.4) is 0 Å². The maximum absolute atomic E-state index is 13.1. The molecular formula is C27H26N2O3S. The molecule has 168 valence electrons. The summed E-state index contributed by atoms with van der Waals surface area (Å²) in [7, 11) is 0. The second kappa shape index (κ2) is 9.73. The zero-order chi connectivity index (χ0) is 22.6. The van der Waals surface area contributed by atoms with Gasteiger partial charge in [0, 0.05) is 24.0 Å². The Hall–Kier alpha value is -3.22. The van der Waals surface area contributed by atoms with Crippen LogP contribution in [0.2, 0.25) is 0 Å². The molecule has 2 aromatic carbocycles. The molecule has 0 bridgehead atoms. The molecule has 3 heterocycles. The number of hydrogen-bond acceptors (Lipinski definition) is 5. The number of carbonyl (C=O) groups is 1. The fraction of sp³-hybridized carbons (Fsp3) is 0.259. The number of aliphatic hydroxyl groups excluding tert-OH is 1. The van der Waals surface area contributed by atoms with Crippen LogP contribution in [0.15, 0.2) is 88.8 Å². The summed E-state index contributed by atoms with van der Waals surface area (Å²) in [5, 5.41) is 16.9. The van der Waals surface area contributed by atoms with Crippen LogP contribution in [0, 0.1) is 5.92 Å². The molecular weight excluding hydrogens is 432 g/mol. The first-order chi connectivity index (χ1) is 16.2. The zero-order valence-corrected chi connectivity index (χ0v) is 19.0. The highest BCUT2D eigenvalue weighted by Crippen LogP contribution is 2.34. The average Bonchev–Trinajstić information content (AvgIpc) is 3.58. The highest BCUT2D eigenvalue weighted by Gasteiger charge is 2.31. The number of hydrogen-bond donors (Lipinski definition) is 1. The van der Waals surface area contributed by atoms with Crippen LogP contribution in [0.5, 0.6) is 0 Å². The standard InChI is InChI=1S/C27H26N2O3S/c30-26(24-12-7-17-33-24)21-13-15-29(16-14-21)27(31)23-18-22(28-32-23)25(19-8-3-1-4-9-19)20-10-5-2-6-11-20/h1-12,17-18,21,25-26,30H,13-16H2. The Morgan fingerprint density at radius 1 is 0.970 bits per heavy atom. The molecule has 5 rings (SSSR count). The number of nitrogens with zero attached hydrogens (tertiary/aromatic N) is 2. The second-order valence-corrected chi connectivity index (χ2v) is 9.44. The summed E-state index contributed by atoms with van der Waals surface area (Å²) in [4.78, 5) is 15.9. The van der Waals surface area contributed by atoms with Crippen molar-refractivity contribution in [1.82, 2.24) is 10.1 Å². The molecule has 0 saturated carbocycles. The number of likely N-dealkylation sites (tertiary alicyclic amines) is 1. The van der Waals surface area contributed by atoms with Gasteiger partial charge in [0.25, 0.3) is 5.91 Å². The lowest BCUT2D eigenvalue weighted by atomic mass is 9.88. The van der Waals surface area contributed by atoms with Gasteiger partial charge in [-0.05, 0) is 41.3 Å². The van der Waals surface area contributed by atoms with Crippen molar-refractivity contribution in [3.8, 4) is 0 Å². The second-order valence-electron chi connectivity index (χ2n) is 8.46. The summed E-state index contributed by atoms with van der Waals surface area (Å²) in [6, 6.07) is 26.0. The molecule has 1 aliphatic heterocycles. The number of amides is 1. The zero-order valence-electron chi connectivity index (χ0n) is 18.2. The van der Waals surface area contributed by atoms with Crippen molar-refractivity contribution in [2.45, 2.75) is 24.9 Å². The Labute approximate surface area is 197 Å². The first-order valence-electron chi connectivity index (χ1n) is 11.3. The molecule has 1 amide bonds. The molecule has 1 N–H and O–H groups in total. The first kappa shape index (κ1) is 21.6. The molecule has 2 aromatic heterocycles. The normalized spacial score (nSPS) is 15.6. The summed E-state index contributed by atoms with van der Waals surface area (Å²) in [6.45, 7) is 1.20. The predicted octanol–water partition coefficient (Wildman–Crippen LogP) is 5.50. The summed E-state index contributed by atoms with van der Waals surface area (Å²) in [6.07, 6.45) is 1.07. The van der Waals surface area contributed by atoms with E-state index in [1.165, 1.54) is 0 Å². The summed E-state index contributed by atoms with van der Waals surface area (Å²) >= 11 is 1.58. The number of thiophene rings is 1. The quantitative estimate of drug-likeness (QED) is 0.414. The van der Waals surface area contributed by atoms with Gasteiger partial charge >= 0.3 is 0 Å². The van der Waals surface area contributed by atoms with Gasteiger partial charge in [0.1, 0.15) is 0 Å². The summed E-state index contributed by atoms with van der Waals surface area (Å²) in [5.41, 5.74) is 2.91. The molecule has 1 aliphatic rings. The van der Waals surface area contributed by atoms with Crippen LogP contribution in [-0.2, 0) is 0 Å². The number of piperidine rings is 1. The van der Waals surface area contributed by atoms with E-state index in [0.29, 0.717) is 13.1 Å². The van der Waals surface area contributed by atoms with E-state index >= 15 is 0 Å². The van der Waals surface area contributed by atoms with Gasteiger partial charge in [-0.15, -0.1) is 11.3 Å². The van der Waals surface area contributed by atoms with Crippen LogP contribution in [0.25, 0.3) is 0 Å². The largest absolute Gasteiger partial charge is 0.387 e. The number of benzene rings is 2. The Bertz CT molecular complexity index is 1130. The Balaban J connectivity index is 1.31. The molecule has 0 aliphatic carbocycles. The number of aliphatic hydroxyl groups is 1. The maximum Gasteiger partial charge on any atom is 0.292 e. The molecule has 0 radical (unpaired) electrons. The maximum atomic E-state index is 13.1. The Morgan fingerprint density at radius 2 is 1.61 bits per heavy atom. The SMILES string of the molecule is O=C(c1cc(C(c2ccccc2)c2ccccc2)no1)N1CCC(C(O)c2cccs2)CC1. The fourth-order valence-corrected chi connectivity index (χ4v) is 5.42. The third-order valence-electron chi connectivity index (χ3n) is 6.41. The Morgan fingerprint density at radius 3 is 2.18 bits per heavy atom. The molecule has 0 spiro atoms. The molecule has 1 atom stereocenters. The van der Waals surface area contributed by atoms with Gasteiger partial charge in [0.15, 0.2) is 0 Å². The van der Waals surface area contributed by atoms with Gasteiger partial charge in [-0.1, -0.05) is 71.9 Å². The van der Waals surface area contributed by atoms with Crippen molar-refractivity contribution in [3.05, 3.63) is 112 Å². The van der Waals surface area contributed by atoms with Crippen LogP contribution in [-0.4, -0.2) is 34.2 Å². The minimum atomic E-state index is -0.461. The number of aromatic nitrogens is 1. The molecule has 4 aromatic rings. The van der Waals surface area contributed by atoms with E-state index in [1.54, 1.807) is 17.4 Å². The molecule has 6 heteroatoms. The van der Waals surface area contributed by atoms with E-state index in [2.05, 4.69) is 29.4 Å². The van der Waals surface area contributed by atoms with Crippen LogP contribution in [0.1, 0.15) is 57.1 Å². The fourth-order valence-electron chi connectivity index (χ4n) is 4.62. The van der Waals surface area contributed by atoms with E-state index in [1.807, 2.05) is 58.8 Å². The Kier molecular flexibility index (Phi) is 6.37. The third kappa shape index (κ3) is 4.63. The van der Waals surface area contributed by atoms with Gasteiger partial charge in [-0.3, -0.25) is 4.79 Å². The van der Waals surface area contributed by atoms with E-state index in [9.17, 15) is 9.90 Å². The average molecular weight is 459 g/mol. The van der Waals surface area contributed by atoms with Gasteiger partial charge < -0.3 is 14.5 Å². The summed E-state index contributed by atoms with van der Waals surface area (Å²) in [5.74, 6) is 0.180. The van der Waals surface area contributed by atoms with Crippen molar-refractivity contribution in [1.29, 1.82) is 0 Å². The predicted molar refractivity (Wildman–Crippen MR) is 128 cm³/mol. The van der Waals surface area contributed by atoms with E-state index in [0.717, 1.165) is 34.5 Å². The van der Waals surface area contributed by atoms with Crippen molar-refractivity contribution >= 4 is 17.2 Å². The van der Waals surface area contributed by atoms with Crippen molar-refractivity contribution in [3.63, 3.8) is 0 Å². The lowest BCUT2D eigenvalue weighted by Gasteiger charge is -2.33. The lowest BCUT2D eigenvalue weighted by Crippen LogP contribution is -2.39. The van der Waals surface area contributed by atoms with Crippen molar-refractivity contribution < 1.29 is 14.4 Å². The highest BCUT2D eigenvalue weighted by molar-refractivity contribution is 7.10. The molecule has 1 saturated heterocycles. The number of rotatable bonds is 6. The van der Waals surface area contributed by atoms with Crippen LogP contribution in [0.4, 0.5) is 0 Å². The minimum absolute atomic E-state index is 0.107. The van der Waals surface area contributed by atoms with Gasteiger partial charge in [0.2, 0.25) is 5.76 Å². The van der Waals surface area contributed by atoms with Crippen molar-refractivity contribution in [2.24, 2.45) is 5.92 Å². The molecule has 1 fully saturated rings. The van der Waals surface area contributed by atoms with Crippen LogP contribution < -0.4 is 0 Å². The molecule has 1 unspecified atom stereocenters. The molecule has 33 heavy (non-hydrogen) atoms. The van der Waals surface area contributed by atoms with Crippen molar-refractivity contribution in [2.75, 3.05) is 13.1 Å². The van der Waals surface area contributed by atoms with E-state index in [-0.39, 0.29) is 23.5 Å². The third-order valence-corrected chi connectivity index (χ3v) is 7.35. The first-order valence-corrected chi connectivity index (χ1v) is 12.2. The van der Waals surface area contributed by atoms with Gasteiger partial charge in [0.05, 0.1) is 17.7 Å². The number of carbonyl (C=O) groups excluding carboxylic acids is 1.